The molecule has 0 N–H and O–H groups in total. The molecule has 0 aromatic heterocycles. The van der Waals surface area contributed by atoms with Gasteiger partial charge in [0.05, 0.1) is 0 Å². The molecule has 1 aliphatic rings. The van der Waals surface area contributed by atoms with E-state index < -0.39 is 0 Å². The largest absolute Gasteiger partial charge is 0.0974 e. The first-order chi connectivity index (χ1) is 5.92. The third-order valence-corrected chi connectivity index (χ3v) is 2.83. The van der Waals surface area contributed by atoms with Crippen LogP contribution in [-0.2, 0) is 0 Å². The molecule has 0 saturated carbocycles. The van der Waals surface area contributed by atoms with Crippen LogP contribution in [0.3, 0.4) is 0 Å². The molecule has 0 nitrogen and oxygen atoms in total. The van der Waals surface area contributed by atoms with Gasteiger partial charge in [-0.1, -0.05) is 36.0 Å². The monoisotopic (exact) mass is 174 g/mol. The third kappa shape index (κ3) is 1.21. The molecule has 0 aliphatic carbocycles. The van der Waals surface area contributed by atoms with Gasteiger partial charge in [0.1, 0.15) is 0 Å². The Morgan fingerprint density at radius 1 is 1.25 bits per heavy atom. The Hall–Kier alpha value is -0.950. The van der Waals surface area contributed by atoms with Crippen LogP contribution in [0.1, 0.15) is 12.5 Å². The molecule has 2 rings (SSSR count). The summed E-state index contributed by atoms with van der Waals surface area (Å²) in [5.41, 5.74) is 2.68. The molecule has 0 bridgehead atoms. The third-order valence-electron chi connectivity index (χ3n) is 1.95. The van der Waals surface area contributed by atoms with Crippen LogP contribution in [0.5, 0.6) is 0 Å². The van der Waals surface area contributed by atoms with Gasteiger partial charge < -0.3 is 0 Å². The zero-order valence-electron chi connectivity index (χ0n) is 6.95. The van der Waals surface area contributed by atoms with Crippen molar-refractivity contribution >= 4 is 17.3 Å². The maximum Gasteiger partial charge on any atom is 0.0194 e. The van der Waals surface area contributed by atoms with Crippen molar-refractivity contribution in [2.45, 2.75) is 11.8 Å². The summed E-state index contributed by atoms with van der Waals surface area (Å²) >= 11 is 1.79. The van der Waals surface area contributed by atoms with Crippen LogP contribution in [0.25, 0.3) is 5.57 Å². The minimum Gasteiger partial charge on any atom is -0.0974 e. The maximum absolute atomic E-state index is 2.17. The molecule has 1 aromatic carbocycles. The first-order valence-corrected chi connectivity index (χ1v) is 4.88. The second-order valence-corrected chi connectivity index (χ2v) is 3.61. The number of fused-ring (bicyclic) bond motifs is 1. The Bertz CT molecular complexity index is 348. The van der Waals surface area contributed by atoms with Gasteiger partial charge in [-0.2, -0.15) is 0 Å². The van der Waals surface area contributed by atoms with Crippen molar-refractivity contribution in [1.29, 1.82) is 0 Å². The van der Waals surface area contributed by atoms with E-state index in [0.29, 0.717) is 0 Å². The zero-order chi connectivity index (χ0) is 8.39. The lowest BCUT2D eigenvalue weighted by molar-refractivity contribution is 1.40. The Labute approximate surface area is 77.0 Å². The van der Waals surface area contributed by atoms with Crippen LogP contribution >= 0.6 is 11.8 Å². The van der Waals surface area contributed by atoms with Crippen molar-refractivity contribution < 1.29 is 0 Å². The first kappa shape index (κ1) is 7.69. The van der Waals surface area contributed by atoms with E-state index in [-0.39, 0.29) is 0 Å². The van der Waals surface area contributed by atoms with Crippen LogP contribution in [0.2, 0.25) is 0 Å². The van der Waals surface area contributed by atoms with Crippen molar-refractivity contribution in [2.75, 3.05) is 0 Å². The lowest BCUT2D eigenvalue weighted by Gasteiger charge is -2.11. The van der Waals surface area contributed by atoms with Crippen LogP contribution in [0.4, 0.5) is 0 Å². The van der Waals surface area contributed by atoms with E-state index in [4.69, 9.17) is 0 Å². The summed E-state index contributed by atoms with van der Waals surface area (Å²) in [7, 11) is 0. The first-order valence-electron chi connectivity index (χ1n) is 4.01. The minimum absolute atomic E-state index is 1.32. The van der Waals surface area contributed by atoms with Gasteiger partial charge >= 0.3 is 0 Å². The average Bonchev–Trinajstić information content (AvgIpc) is 2.17. The Morgan fingerprint density at radius 2 is 2.08 bits per heavy atom. The normalized spacial score (nSPS) is 17.9. The SMILES string of the molecule is C/C=C1\C=CSc2ccccc21. The number of benzene rings is 1. The number of hydrogen-bond acceptors (Lipinski definition) is 1. The van der Waals surface area contributed by atoms with E-state index in [1.807, 2.05) is 0 Å². The smallest absolute Gasteiger partial charge is 0.0194 e. The van der Waals surface area contributed by atoms with Gasteiger partial charge in [0, 0.05) is 4.90 Å². The maximum atomic E-state index is 2.17. The molecule has 0 amide bonds. The quantitative estimate of drug-likeness (QED) is 0.577. The minimum atomic E-state index is 1.32. The molecule has 1 aromatic rings. The highest BCUT2D eigenvalue weighted by atomic mass is 32.2. The van der Waals surface area contributed by atoms with Gasteiger partial charge in [0.25, 0.3) is 0 Å². The molecule has 0 spiro atoms. The fourth-order valence-electron chi connectivity index (χ4n) is 1.33. The average molecular weight is 174 g/mol. The standard InChI is InChI=1S/C11H10S/c1-2-9-7-8-12-11-6-4-3-5-10(9)11/h2-8H,1H3/b9-2+. The highest BCUT2D eigenvalue weighted by Gasteiger charge is 2.07. The molecular weight excluding hydrogens is 164 g/mol. The van der Waals surface area contributed by atoms with Crippen molar-refractivity contribution in [2.24, 2.45) is 0 Å². The Kier molecular flexibility index (Phi) is 2.05. The summed E-state index contributed by atoms with van der Waals surface area (Å²) < 4.78 is 0. The number of hydrogen-bond donors (Lipinski definition) is 0. The highest BCUT2D eigenvalue weighted by Crippen LogP contribution is 2.34. The molecule has 1 heterocycles. The number of thioether (sulfide) groups is 1. The van der Waals surface area contributed by atoms with E-state index in [1.165, 1.54) is 16.0 Å². The van der Waals surface area contributed by atoms with Crippen molar-refractivity contribution in [3.05, 3.63) is 47.4 Å². The Balaban J connectivity index is 2.58. The van der Waals surface area contributed by atoms with Crippen LogP contribution in [0, 0.1) is 0 Å². The molecular formula is C11H10S. The van der Waals surface area contributed by atoms with Crippen LogP contribution in [0.15, 0.2) is 46.7 Å². The van der Waals surface area contributed by atoms with Gasteiger partial charge in [0.2, 0.25) is 0 Å². The molecule has 0 radical (unpaired) electrons. The van der Waals surface area contributed by atoms with E-state index >= 15 is 0 Å². The Morgan fingerprint density at radius 3 is 2.92 bits per heavy atom. The van der Waals surface area contributed by atoms with Crippen molar-refractivity contribution in [1.82, 2.24) is 0 Å². The summed E-state index contributed by atoms with van der Waals surface area (Å²) in [5.74, 6) is 0. The summed E-state index contributed by atoms with van der Waals surface area (Å²) in [6, 6.07) is 8.49. The molecule has 1 aliphatic heterocycles. The highest BCUT2D eigenvalue weighted by molar-refractivity contribution is 8.02. The van der Waals surface area contributed by atoms with Gasteiger partial charge in [-0.25, -0.2) is 0 Å². The summed E-state index contributed by atoms with van der Waals surface area (Å²) in [6.07, 6.45) is 4.31. The van der Waals surface area contributed by atoms with E-state index in [1.54, 1.807) is 11.8 Å². The predicted octanol–water partition coefficient (Wildman–Crippen LogP) is 3.71. The number of rotatable bonds is 0. The fourth-order valence-corrected chi connectivity index (χ4v) is 2.16. The van der Waals surface area contributed by atoms with E-state index in [2.05, 4.69) is 48.7 Å². The van der Waals surface area contributed by atoms with Gasteiger partial charge in [-0.3, -0.25) is 0 Å². The molecule has 12 heavy (non-hydrogen) atoms. The summed E-state index contributed by atoms with van der Waals surface area (Å²) in [4.78, 5) is 1.35. The van der Waals surface area contributed by atoms with E-state index in [0.717, 1.165) is 0 Å². The van der Waals surface area contributed by atoms with Gasteiger partial charge in [-0.05, 0) is 35.6 Å². The summed E-state index contributed by atoms with van der Waals surface area (Å²) in [5, 5.41) is 2.14. The van der Waals surface area contributed by atoms with Gasteiger partial charge in [-0.15, -0.1) is 0 Å². The van der Waals surface area contributed by atoms with Crippen LogP contribution < -0.4 is 0 Å². The molecule has 0 saturated heterocycles. The predicted molar refractivity (Wildman–Crippen MR) is 55.1 cm³/mol. The number of allylic oxidation sites excluding steroid dienone is 3. The topological polar surface area (TPSA) is 0 Å². The molecule has 0 unspecified atom stereocenters. The molecule has 60 valence electrons. The summed E-state index contributed by atoms with van der Waals surface area (Å²) in [6.45, 7) is 2.08. The van der Waals surface area contributed by atoms with Crippen molar-refractivity contribution in [3.8, 4) is 0 Å². The van der Waals surface area contributed by atoms with Crippen molar-refractivity contribution in [3.63, 3.8) is 0 Å². The zero-order valence-corrected chi connectivity index (χ0v) is 7.77. The lowest BCUT2D eigenvalue weighted by Crippen LogP contribution is -1.87. The second kappa shape index (κ2) is 3.20. The van der Waals surface area contributed by atoms with E-state index in [9.17, 15) is 0 Å². The van der Waals surface area contributed by atoms with Crippen LogP contribution in [-0.4, -0.2) is 0 Å². The lowest BCUT2D eigenvalue weighted by atomic mass is 10.1. The fraction of sp³-hybridized carbons (Fsp3) is 0.0909. The van der Waals surface area contributed by atoms with Gasteiger partial charge in [0.15, 0.2) is 0 Å². The second-order valence-electron chi connectivity index (χ2n) is 2.66. The molecule has 0 atom stereocenters. The molecule has 0 fully saturated rings. The molecule has 1 heteroatoms.